The van der Waals surface area contributed by atoms with Crippen LogP contribution in [0.5, 0.6) is 5.75 Å². The molecule has 2 saturated heterocycles. The largest absolute Gasteiger partial charge is 0.483 e. The zero-order valence-electron chi connectivity index (χ0n) is 19.3. The molecule has 10 nitrogen and oxygen atoms in total. The summed E-state index contributed by atoms with van der Waals surface area (Å²) in [4.78, 5) is 9.17. The minimum Gasteiger partial charge on any atom is -0.483 e. The Morgan fingerprint density at radius 1 is 1.21 bits per heavy atom. The van der Waals surface area contributed by atoms with Gasteiger partial charge >= 0.3 is 0 Å². The molecule has 34 heavy (non-hydrogen) atoms. The van der Waals surface area contributed by atoms with Crippen molar-refractivity contribution in [2.45, 2.75) is 37.7 Å². The number of hydrogen-bond acceptors (Lipinski definition) is 9. The molecule has 0 aliphatic carbocycles. The standard InChI is InChI=1S/C24H27N5O5/c1-24(2,30)15-4-5-18(20(7-15)34-17-10-32-11-17)27-23-26-9-14-6-16(8-25)29(22(14)28-23)19-12-33-13-21(19)31-3/h4-7,9,17,19,21,30H,10-13H2,1-3H3,(H,26,27,28)/t19-,21-/m1/s1. The van der Waals surface area contributed by atoms with Gasteiger partial charge in [0.25, 0.3) is 0 Å². The lowest BCUT2D eigenvalue weighted by Crippen LogP contribution is -2.38. The van der Waals surface area contributed by atoms with Gasteiger partial charge in [0.1, 0.15) is 35.4 Å². The summed E-state index contributed by atoms with van der Waals surface area (Å²) in [5, 5.41) is 24.2. The van der Waals surface area contributed by atoms with Gasteiger partial charge in [0.05, 0.1) is 43.8 Å². The van der Waals surface area contributed by atoms with Crippen LogP contribution in [0.4, 0.5) is 11.6 Å². The van der Waals surface area contributed by atoms with E-state index in [-0.39, 0.29) is 18.2 Å². The summed E-state index contributed by atoms with van der Waals surface area (Å²) in [6.45, 7) is 5.38. The quantitative estimate of drug-likeness (QED) is 0.542. The van der Waals surface area contributed by atoms with E-state index in [2.05, 4.69) is 16.4 Å². The van der Waals surface area contributed by atoms with Crippen LogP contribution in [-0.4, -0.2) is 65.4 Å². The number of rotatable bonds is 7. The highest BCUT2D eigenvalue weighted by molar-refractivity contribution is 5.80. The lowest BCUT2D eigenvalue weighted by Gasteiger charge is -2.29. The molecule has 4 heterocycles. The first-order valence-corrected chi connectivity index (χ1v) is 11.1. The molecule has 178 valence electrons. The number of nitrogens with one attached hydrogen (secondary N) is 1. The number of methoxy groups -OCH3 is 1. The van der Waals surface area contributed by atoms with Gasteiger partial charge in [-0.2, -0.15) is 10.2 Å². The van der Waals surface area contributed by atoms with Gasteiger partial charge in [-0.15, -0.1) is 0 Å². The minimum absolute atomic E-state index is 0.0511. The van der Waals surface area contributed by atoms with Crippen LogP contribution in [0.2, 0.25) is 0 Å². The third kappa shape index (κ3) is 4.19. The number of anilines is 2. The lowest BCUT2D eigenvalue weighted by molar-refractivity contribution is -0.0795. The van der Waals surface area contributed by atoms with Gasteiger partial charge in [0.15, 0.2) is 0 Å². The van der Waals surface area contributed by atoms with Crippen LogP contribution >= 0.6 is 0 Å². The average Bonchev–Trinajstić information content (AvgIpc) is 3.39. The van der Waals surface area contributed by atoms with Gasteiger partial charge in [0.2, 0.25) is 5.95 Å². The van der Waals surface area contributed by atoms with Crippen molar-refractivity contribution in [1.82, 2.24) is 14.5 Å². The molecule has 0 radical (unpaired) electrons. The van der Waals surface area contributed by atoms with E-state index in [0.29, 0.717) is 55.2 Å². The Bertz CT molecular complexity index is 1240. The van der Waals surface area contributed by atoms with Crippen molar-refractivity contribution in [2.75, 3.05) is 38.9 Å². The van der Waals surface area contributed by atoms with Crippen LogP contribution in [0.25, 0.3) is 11.0 Å². The van der Waals surface area contributed by atoms with Crippen molar-refractivity contribution in [1.29, 1.82) is 5.26 Å². The van der Waals surface area contributed by atoms with Crippen molar-refractivity contribution in [2.24, 2.45) is 0 Å². The topological polar surface area (TPSA) is 124 Å². The molecule has 2 fully saturated rings. The zero-order valence-corrected chi connectivity index (χ0v) is 19.3. The maximum Gasteiger partial charge on any atom is 0.229 e. The molecular weight excluding hydrogens is 438 g/mol. The fourth-order valence-electron chi connectivity index (χ4n) is 4.16. The van der Waals surface area contributed by atoms with Crippen LogP contribution in [0, 0.1) is 11.3 Å². The van der Waals surface area contributed by atoms with E-state index in [1.54, 1.807) is 33.2 Å². The molecule has 0 spiro atoms. The highest BCUT2D eigenvalue weighted by Crippen LogP contribution is 2.34. The molecule has 10 heteroatoms. The SMILES string of the molecule is CO[C@@H]1COC[C@H]1n1c(C#N)cc2cnc(Nc3ccc(C(C)(C)O)cc3OC3COC3)nc21. The van der Waals surface area contributed by atoms with Gasteiger partial charge in [-0.25, -0.2) is 4.98 Å². The Balaban J connectivity index is 1.52. The molecule has 2 aromatic heterocycles. The van der Waals surface area contributed by atoms with Crippen LogP contribution in [0.15, 0.2) is 30.5 Å². The van der Waals surface area contributed by atoms with Crippen molar-refractivity contribution in [3.8, 4) is 11.8 Å². The minimum atomic E-state index is -1.02. The first kappa shape index (κ1) is 22.6. The molecule has 2 aliphatic rings. The summed E-state index contributed by atoms with van der Waals surface area (Å²) >= 11 is 0. The summed E-state index contributed by atoms with van der Waals surface area (Å²) in [5.74, 6) is 0.934. The number of ether oxygens (including phenoxy) is 4. The third-order valence-electron chi connectivity index (χ3n) is 6.16. The normalized spacial score (nSPS) is 20.8. The van der Waals surface area contributed by atoms with Crippen molar-refractivity contribution >= 4 is 22.7 Å². The summed E-state index contributed by atoms with van der Waals surface area (Å²) in [7, 11) is 1.64. The number of nitrogens with zero attached hydrogens (tertiary/aromatic N) is 4. The highest BCUT2D eigenvalue weighted by atomic mass is 16.6. The molecule has 0 amide bonds. The Morgan fingerprint density at radius 3 is 2.68 bits per heavy atom. The number of fused-ring (bicyclic) bond motifs is 1. The maximum atomic E-state index is 10.4. The smallest absolute Gasteiger partial charge is 0.229 e. The highest BCUT2D eigenvalue weighted by Gasteiger charge is 2.33. The third-order valence-corrected chi connectivity index (χ3v) is 6.16. The van der Waals surface area contributed by atoms with Crippen molar-refractivity contribution in [3.05, 3.63) is 41.7 Å². The summed E-state index contributed by atoms with van der Waals surface area (Å²) in [6, 6.07) is 9.34. The van der Waals surface area contributed by atoms with Gasteiger partial charge < -0.3 is 33.9 Å². The maximum absolute atomic E-state index is 10.4. The molecule has 3 aromatic rings. The second kappa shape index (κ2) is 8.85. The number of aromatic nitrogens is 3. The molecule has 0 bridgehead atoms. The van der Waals surface area contributed by atoms with E-state index in [1.807, 2.05) is 22.8 Å². The second-order valence-electron chi connectivity index (χ2n) is 9.04. The summed E-state index contributed by atoms with van der Waals surface area (Å²) in [5.41, 5.74) is 1.47. The first-order valence-electron chi connectivity index (χ1n) is 11.1. The summed E-state index contributed by atoms with van der Waals surface area (Å²) < 4.78 is 24.4. The van der Waals surface area contributed by atoms with E-state index in [0.717, 1.165) is 10.9 Å². The molecule has 1 aromatic carbocycles. The molecule has 2 aliphatic heterocycles. The number of aliphatic hydroxyl groups is 1. The lowest BCUT2D eigenvalue weighted by atomic mass is 9.98. The Labute approximate surface area is 197 Å². The fourth-order valence-corrected chi connectivity index (χ4v) is 4.16. The predicted octanol–water partition coefficient (Wildman–Crippen LogP) is 2.64. The summed E-state index contributed by atoms with van der Waals surface area (Å²) in [6.07, 6.45) is 1.46. The molecule has 0 saturated carbocycles. The number of hydrogen-bond donors (Lipinski definition) is 2. The number of nitriles is 1. The Hall–Kier alpha value is -3.23. The van der Waals surface area contributed by atoms with Crippen molar-refractivity contribution < 1.29 is 24.1 Å². The van der Waals surface area contributed by atoms with Crippen LogP contribution in [0.1, 0.15) is 31.1 Å². The van der Waals surface area contributed by atoms with E-state index in [4.69, 9.17) is 23.9 Å². The first-order chi connectivity index (χ1) is 16.4. The molecule has 2 atom stereocenters. The second-order valence-corrected chi connectivity index (χ2v) is 9.04. The number of benzene rings is 1. The Morgan fingerprint density at radius 2 is 2.00 bits per heavy atom. The van der Waals surface area contributed by atoms with Gasteiger partial charge in [-0.05, 0) is 37.6 Å². The Kier molecular flexibility index (Phi) is 5.87. The van der Waals surface area contributed by atoms with E-state index in [1.165, 1.54) is 0 Å². The molecular formula is C24H27N5O5. The molecule has 0 unspecified atom stereocenters. The van der Waals surface area contributed by atoms with Crippen molar-refractivity contribution in [3.63, 3.8) is 0 Å². The molecule has 2 N–H and O–H groups in total. The average molecular weight is 466 g/mol. The van der Waals surface area contributed by atoms with E-state index >= 15 is 0 Å². The fraction of sp³-hybridized carbons (Fsp3) is 0.458. The van der Waals surface area contributed by atoms with Crippen LogP contribution in [-0.2, 0) is 19.8 Å². The zero-order chi connectivity index (χ0) is 23.9. The van der Waals surface area contributed by atoms with Gasteiger partial charge in [-0.3, -0.25) is 0 Å². The van der Waals surface area contributed by atoms with Gasteiger partial charge in [-0.1, -0.05) is 6.07 Å². The van der Waals surface area contributed by atoms with Gasteiger partial charge in [0, 0.05) is 18.7 Å². The predicted molar refractivity (Wildman–Crippen MR) is 123 cm³/mol. The van der Waals surface area contributed by atoms with E-state index in [9.17, 15) is 10.4 Å². The monoisotopic (exact) mass is 465 g/mol. The van der Waals surface area contributed by atoms with E-state index < -0.39 is 5.60 Å². The molecule has 5 rings (SSSR count). The van der Waals surface area contributed by atoms with Crippen LogP contribution < -0.4 is 10.1 Å². The van der Waals surface area contributed by atoms with Crippen LogP contribution in [0.3, 0.4) is 0 Å².